The summed E-state index contributed by atoms with van der Waals surface area (Å²) in [5, 5.41) is 8.93. The van der Waals surface area contributed by atoms with Crippen molar-refractivity contribution in [2.75, 3.05) is 44.3 Å². The highest BCUT2D eigenvalue weighted by molar-refractivity contribution is 7.10. The van der Waals surface area contributed by atoms with E-state index in [1.807, 2.05) is 11.3 Å². The number of aliphatic imine (C=N–C) groups is 1. The van der Waals surface area contributed by atoms with Gasteiger partial charge in [0.1, 0.15) is 0 Å². The number of benzene rings is 1. The van der Waals surface area contributed by atoms with Crippen LogP contribution in [0.2, 0.25) is 0 Å². The molecule has 0 saturated carbocycles. The molecule has 0 radical (unpaired) electrons. The second-order valence-electron chi connectivity index (χ2n) is 6.76. The number of hydrogen-bond acceptors (Lipinski definition) is 4. The molecule has 0 aliphatic carbocycles. The van der Waals surface area contributed by atoms with Gasteiger partial charge in [-0.15, -0.1) is 11.3 Å². The van der Waals surface area contributed by atoms with E-state index in [9.17, 15) is 0 Å². The van der Waals surface area contributed by atoms with E-state index < -0.39 is 0 Å². The van der Waals surface area contributed by atoms with Gasteiger partial charge in [-0.25, -0.2) is 4.99 Å². The first-order chi connectivity index (χ1) is 13.3. The average Bonchev–Trinajstić information content (AvgIpc) is 3.26. The third-order valence-electron chi connectivity index (χ3n) is 4.68. The van der Waals surface area contributed by atoms with E-state index in [2.05, 4.69) is 71.2 Å². The summed E-state index contributed by atoms with van der Waals surface area (Å²) in [6.45, 7) is 10.3. The van der Waals surface area contributed by atoms with Crippen molar-refractivity contribution in [1.82, 2.24) is 10.6 Å². The second-order valence-corrected chi connectivity index (χ2v) is 7.74. The number of ether oxygens (including phenoxy) is 1. The Labute approximate surface area is 166 Å². The number of anilines is 1. The number of morpholine rings is 1. The van der Waals surface area contributed by atoms with Gasteiger partial charge in [-0.2, -0.15) is 0 Å². The lowest BCUT2D eigenvalue weighted by Gasteiger charge is -2.28. The Kier molecular flexibility index (Phi) is 7.54. The highest BCUT2D eigenvalue weighted by Crippen LogP contribution is 2.20. The molecule has 146 valence electrons. The molecule has 27 heavy (non-hydrogen) atoms. The molecular formula is C21H30N4OS. The lowest BCUT2D eigenvalue weighted by atomic mass is 10.1. The van der Waals surface area contributed by atoms with Crippen molar-refractivity contribution >= 4 is 23.0 Å². The van der Waals surface area contributed by atoms with Gasteiger partial charge in [0.05, 0.1) is 19.8 Å². The zero-order chi connectivity index (χ0) is 18.9. The van der Waals surface area contributed by atoms with E-state index >= 15 is 0 Å². The molecule has 5 nitrogen and oxygen atoms in total. The Morgan fingerprint density at radius 2 is 1.96 bits per heavy atom. The fraction of sp³-hybridized carbons (Fsp3) is 0.476. The van der Waals surface area contributed by atoms with Crippen LogP contribution in [0.3, 0.4) is 0 Å². The molecular weight excluding hydrogens is 356 g/mol. The summed E-state index contributed by atoms with van der Waals surface area (Å²) in [4.78, 5) is 8.51. The van der Waals surface area contributed by atoms with E-state index in [1.54, 1.807) is 0 Å². The van der Waals surface area contributed by atoms with Crippen LogP contribution in [0, 0.1) is 0 Å². The molecule has 1 aliphatic heterocycles. The van der Waals surface area contributed by atoms with Crippen molar-refractivity contribution in [2.45, 2.75) is 26.3 Å². The van der Waals surface area contributed by atoms with Crippen LogP contribution in [-0.2, 0) is 11.3 Å². The quantitative estimate of drug-likeness (QED) is 0.565. The average molecular weight is 387 g/mol. The van der Waals surface area contributed by atoms with E-state index in [1.165, 1.54) is 16.1 Å². The summed E-state index contributed by atoms with van der Waals surface area (Å²) in [6.07, 6.45) is 0. The summed E-state index contributed by atoms with van der Waals surface area (Å²) in [5.41, 5.74) is 2.48. The number of nitrogens with one attached hydrogen (secondary N) is 2. The molecule has 1 aromatic heterocycles. The molecule has 0 amide bonds. The Bertz CT molecular complexity index is 693. The van der Waals surface area contributed by atoms with Crippen molar-refractivity contribution < 1.29 is 4.74 Å². The first-order valence-electron chi connectivity index (χ1n) is 9.73. The van der Waals surface area contributed by atoms with Crippen molar-refractivity contribution in [3.63, 3.8) is 0 Å². The standard InChI is InChI=1S/C21H30N4OS/c1-3-22-21(23-15-17(2)20-5-4-14-27-20)24-16-18-6-8-19(9-7-18)25-10-12-26-13-11-25/h4-9,14,17H,3,10-13,15-16H2,1-2H3,(H2,22,23,24). The van der Waals surface area contributed by atoms with Crippen LogP contribution in [0.15, 0.2) is 46.8 Å². The van der Waals surface area contributed by atoms with Crippen LogP contribution in [-0.4, -0.2) is 45.4 Å². The van der Waals surface area contributed by atoms with E-state index in [-0.39, 0.29) is 0 Å². The summed E-state index contributed by atoms with van der Waals surface area (Å²) < 4.78 is 5.42. The number of thiophene rings is 1. The fourth-order valence-electron chi connectivity index (χ4n) is 3.07. The maximum Gasteiger partial charge on any atom is 0.191 e. The molecule has 2 heterocycles. The smallest absolute Gasteiger partial charge is 0.191 e. The first-order valence-corrected chi connectivity index (χ1v) is 10.6. The molecule has 1 saturated heterocycles. The minimum atomic E-state index is 0.474. The summed E-state index contributed by atoms with van der Waals surface area (Å²) in [6, 6.07) is 13.0. The molecule has 1 aliphatic rings. The van der Waals surface area contributed by atoms with Crippen molar-refractivity contribution in [3.8, 4) is 0 Å². The summed E-state index contributed by atoms with van der Waals surface area (Å²) >= 11 is 1.81. The Hall–Kier alpha value is -2.05. The lowest BCUT2D eigenvalue weighted by Crippen LogP contribution is -2.39. The molecule has 2 aromatic rings. The maximum absolute atomic E-state index is 5.42. The van der Waals surface area contributed by atoms with Gasteiger partial charge in [0.25, 0.3) is 0 Å². The van der Waals surface area contributed by atoms with Crippen molar-refractivity contribution in [1.29, 1.82) is 0 Å². The molecule has 0 bridgehead atoms. The third kappa shape index (κ3) is 5.97. The minimum Gasteiger partial charge on any atom is -0.378 e. The van der Waals surface area contributed by atoms with Crippen LogP contribution >= 0.6 is 11.3 Å². The monoisotopic (exact) mass is 386 g/mol. The van der Waals surface area contributed by atoms with Gasteiger partial charge in [0.15, 0.2) is 5.96 Å². The zero-order valence-electron chi connectivity index (χ0n) is 16.3. The van der Waals surface area contributed by atoms with E-state index in [4.69, 9.17) is 9.73 Å². The van der Waals surface area contributed by atoms with E-state index in [0.29, 0.717) is 12.5 Å². The molecule has 6 heteroatoms. The Balaban J connectivity index is 1.54. The minimum absolute atomic E-state index is 0.474. The summed E-state index contributed by atoms with van der Waals surface area (Å²) in [7, 11) is 0. The van der Waals surface area contributed by atoms with Gasteiger partial charge in [-0.05, 0) is 36.1 Å². The molecule has 1 unspecified atom stereocenters. The predicted octanol–water partition coefficient (Wildman–Crippen LogP) is 3.44. The van der Waals surface area contributed by atoms with Crippen molar-refractivity contribution in [3.05, 3.63) is 52.2 Å². The SMILES string of the molecule is CCNC(=NCc1ccc(N2CCOCC2)cc1)NCC(C)c1cccs1. The maximum atomic E-state index is 5.42. The van der Waals surface area contributed by atoms with Gasteiger partial charge in [-0.1, -0.05) is 25.1 Å². The van der Waals surface area contributed by atoms with Gasteiger partial charge >= 0.3 is 0 Å². The van der Waals surface area contributed by atoms with E-state index in [0.717, 1.165) is 45.4 Å². The van der Waals surface area contributed by atoms with Gasteiger partial charge in [0.2, 0.25) is 0 Å². The van der Waals surface area contributed by atoms with Crippen molar-refractivity contribution in [2.24, 2.45) is 4.99 Å². The van der Waals surface area contributed by atoms with Gasteiger partial charge in [0, 0.05) is 42.7 Å². The van der Waals surface area contributed by atoms with Crippen LogP contribution in [0.4, 0.5) is 5.69 Å². The third-order valence-corrected chi connectivity index (χ3v) is 5.78. The zero-order valence-corrected chi connectivity index (χ0v) is 17.1. The number of hydrogen-bond donors (Lipinski definition) is 2. The van der Waals surface area contributed by atoms with Gasteiger partial charge < -0.3 is 20.3 Å². The number of guanidine groups is 1. The molecule has 1 atom stereocenters. The first kappa shape index (κ1) is 19.7. The fourth-order valence-corrected chi connectivity index (χ4v) is 3.85. The van der Waals surface area contributed by atoms with Crippen LogP contribution in [0.25, 0.3) is 0 Å². The van der Waals surface area contributed by atoms with Crippen LogP contribution in [0.1, 0.15) is 30.2 Å². The predicted molar refractivity (Wildman–Crippen MR) is 115 cm³/mol. The highest BCUT2D eigenvalue weighted by Gasteiger charge is 2.11. The largest absolute Gasteiger partial charge is 0.378 e. The van der Waals surface area contributed by atoms with Gasteiger partial charge in [-0.3, -0.25) is 0 Å². The summed E-state index contributed by atoms with van der Waals surface area (Å²) in [5.74, 6) is 1.35. The Morgan fingerprint density at radius 1 is 1.19 bits per heavy atom. The molecule has 1 fully saturated rings. The molecule has 3 rings (SSSR count). The molecule has 2 N–H and O–H groups in total. The number of nitrogens with zero attached hydrogens (tertiary/aromatic N) is 2. The number of rotatable bonds is 7. The normalized spacial score (nSPS) is 16.2. The Morgan fingerprint density at radius 3 is 2.63 bits per heavy atom. The van der Waals surface area contributed by atoms with Crippen LogP contribution < -0.4 is 15.5 Å². The highest BCUT2D eigenvalue weighted by atomic mass is 32.1. The molecule has 0 spiro atoms. The lowest BCUT2D eigenvalue weighted by molar-refractivity contribution is 0.122. The topological polar surface area (TPSA) is 48.9 Å². The molecule has 1 aromatic carbocycles. The van der Waals surface area contributed by atoms with Crippen LogP contribution in [0.5, 0.6) is 0 Å². The second kappa shape index (κ2) is 10.3.